The second-order valence-electron chi connectivity index (χ2n) is 6.75. The third-order valence-corrected chi connectivity index (χ3v) is 6.52. The Morgan fingerprint density at radius 1 is 0.938 bits per heavy atom. The maximum Gasteiger partial charge on any atom is 0.319 e. The van der Waals surface area contributed by atoms with Crippen molar-refractivity contribution in [1.29, 1.82) is 0 Å². The summed E-state index contributed by atoms with van der Waals surface area (Å²) in [4.78, 5) is 12.0. The Morgan fingerprint density at radius 2 is 1.62 bits per heavy atom. The lowest BCUT2D eigenvalue weighted by atomic mass is 10.3. The number of rotatable bonds is 8. The van der Waals surface area contributed by atoms with Gasteiger partial charge in [0, 0.05) is 23.8 Å². The molecule has 3 aromatic rings. The standard InChI is InChI=1S/C22H20ClF2N3O3S/c23-16-5-11-21(12-6-16)32(30,31)28(20-9-7-17(24)8-10-20)14-2-13-26-22(29)27-19-4-1-3-18(25)15-19/h1,3-12,15H,2,13-14H2,(H2,26,27,29). The van der Waals surface area contributed by atoms with Crippen molar-refractivity contribution >= 4 is 39.0 Å². The van der Waals surface area contributed by atoms with Gasteiger partial charge in [-0.3, -0.25) is 4.31 Å². The van der Waals surface area contributed by atoms with Gasteiger partial charge in [0.05, 0.1) is 10.6 Å². The van der Waals surface area contributed by atoms with Crippen LogP contribution in [0.5, 0.6) is 0 Å². The number of carbonyl (C=O) groups excluding carboxylic acids is 1. The van der Waals surface area contributed by atoms with Crippen LogP contribution in [0.25, 0.3) is 0 Å². The number of sulfonamides is 1. The van der Waals surface area contributed by atoms with Crippen LogP contribution in [0.4, 0.5) is 25.0 Å². The van der Waals surface area contributed by atoms with Gasteiger partial charge in [-0.05, 0) is 73.2 Å². The predicted octanol–water partition coefficient (Wildman–Crippen LogP) is 5.03. The highest BCUT2D eigenvalue weighted by Crippen LogP contribution is 2.25. The van der Waals surface area contributed by atoms with Crippen LogP contribution in [0.15, 0.2) is 77.7 Å². The maximum atomic E-state index is 13.4. The van der Waals surface area contributed by atoms with Gasteiger partial charge in [0.15, 0.2) is 0 Å². The molecule has 0 saturated heterocycles. The number of nitrogens with one attached hydrogen (secondary N) is 2. The van der Waals surface area contributed by atoms with Crippen LogP contribution in [0.3, 0.4) is 0 Å². The summed E-state index contributed by atoms with van der Waals surface area (Å²) in [7, 11) is -3.96. The van der Waals surface area contributed by atoms with Crippen LogP contribution in [-0.2, 0) is 10.0 Å². The van der Waals surface area contributed by atoms with E-state index in [1.54, 1.807) is 0 Å². The van der Waals surface area contributed by atoms with E-state index in [4.69, 9.17) is 11.6 Å². The molecule has 0 atom stereocenters. The summed E-state index contributed by atoms with van der Waals surface area (Å²) in [5, 5.41) is 5.48. The quantitative estimate of drug-likeness (QED) is 0.445. The third kappa shape index (κ3) is 6.18. The molecule has 0 radical (unpaired) electrons. The summed E-state index contributed by atoms with van der Waals surface area (Å²) in [6.07, 6.45) is 0.265. The van der Waals surface area contributed by atoms with Crippen molar-refractivity contribution in [3.8, 4) is 0 Å². The van der Waals surface area contributed by atoms with E-state index in [1.165, 1.54) is 72.8 Å². The molecule has 0 aliphatic heterocycles. The largest absolute Gasteiger partial charge is 0.338 e. The van der Waals surface area contributed by atoms with Crippen molar-refractivity contribution in [3.05, 3.63) is 89.5 Å². The second-order valence-corrected chi connectivity index (χ2v) is 9.05. The highest BCUT2D eigenvalue weighted by atomic mass is 35.5. The van der Waals surface area contributed by atoms with E-state index < -0.39 is 27.7 Å². The van der Waals surface area contributed by atoms with E-state index in [-0.39, 0.29) is 30.1 Å². The fourth-order valence-electron chi connectivity index (χ4n) is 2.90. The summed E-state index contributed by atoms with van der Waals surface area (Å²) in [6.45, 7) is 0.172. The number of nitrogens with zero attached hydrogens (tertiary/aromatic N) is 1. The highest BCUT2D eigenvalue weighted by molar-refractivity contribution is 7.92. The van der Waals surface area contributed by atoms with Gasteiger partial charge in [0.1, 0.15) is 11.6 Å². The minimum absolute atomic E-state index is 0.0246. The molecule has 2 N–H and O–H groups in total. The number of carbonyl (C=O) groups is 1. The van der Waals surface area contributed by atoms with Gasteiger partial charge in [0.2, 0.25) is 0 Å². The van der Waals surface area contributed by atoms with Gasteiger partial charge in [-0.2, -0.15) is 0 Å². The first kappa shape index (κ1) is 23.5. The first-order valence-corrected chi connectivity index (χ1v) is 11.4. The van der Waals surface area contributed by atoms with E-state index in [0.29, 0.717) is 10.7 Å². The molecule has 0 bridgehead atoms. The molecule has 0 spiro atoms. The topological polar surface area (TPSA) is 78.5 Å². The van der Waals surface area contributed by atoms with Crippen molar-refractivity contribution in [2.24, 2.45) is 0 Å². The first-order chi connectivity index (χ1) is 15.3. The van der Waals surface area contributed by atoms with Crippen molar-refractivity contribution < 1.29 is 22.0 Å². The van der Waals surface area contributed by atoms with Gasteiger partial charge in [0.25, 0.3) is 10.0 Å². The SMILES string of the molecule is O=C(NCCCN(c1ccc(F)cc1)S(=O)(=O)c1ccc(Cl)cc1)Nc1cccc(F)c1. The van der Waals surface area contributed by atoms with Crippen molar-refractivity contribution in [2.75, 3.05) is 22.7 Å². The van der Waals surface area contributed by atoms with Crippen molar-refractivity contribution in [1.82, 2.24) is 5.32 Å². The lowest BCUT2D eigenvalue weighted by molar-refractivity contribution is 0.252. The molecule has 0 unspecified atom stereocenters. The number of benzene rings is 3. The van der Waals surface area contributed by atoms with Gasteiger partial charge >= 0.3 is 6.03 Å². The lowest BCUT2D eigenvalue weighted by Crippen LogP contribution is -2.35. The zero-order chi connectivity index (χ0) is 23.1. The molecule has 0 aliphatic rings. The molecule has 10 heteroatoms. The average molecular weight is 480 g/mol. The molecular formula is C22H20ClF2N3O3S. The zero-order valence-corrected chi connectivity index (χ0v) is 18.3. The average Bonchev–Trinajstić information content (AvgIpc) is 2.75. The number of urea groups is 1. The Kier molecular flexibility index (Phi) is 7.66. The van der Waals surface area contributed by atoms with E-state index in [2.05, 4.69) is 10.6 Å². The molecule has 168 valence electrons. The van der Waals surface area contributed by atoms with Crippen molar-refractivity contribution in [3.63, 3.8) is 0 Å². The summed E-state index contributed by atoms with van der Waals surface area (Å²) in [5.74, 6) is -0.974. The Morgan fingerprint density at radius 3 is 2.28 bits per heavy atom. The number of hydrogen-bond acceptors (Lipinski definition) is 3. The number of hydrogen-bond donors (Lipinski definition) is 2. The van der Waals surface area contributed by atoms with Crippen LogP contribution in [-0.4, -0.2) is 27.5 Å². The summed E-state index contributed by atoms with van der Waals surface area (Å²) < 4.78 is 54.1. The normalized spacial score (nSPS) is 11.1. The van der Waals surface area contributed by atoms with Crippen LogP contribution < -0.4 is 14.9 Å². The van der Waals surface area contributed by atoms with Gasteiger partial charge in [-0.25, -0.2) is 22.0 Å². The Labute approximate surface area is 189 Å². The first-order valence-electron chi connectivity index (χ1n) is 9.60. The molecule has 3 aromatic carbocycles. The molecule has 6 nitrogen and oxygen atoms in total. The van der Waals surface area contributed by atoms with Gasteiger partial charge in [-0.1, -0.05) is 17.7 Å². The second kappa shape index (κ2) is 10.4. The smallest absolute Gasteiger partial charge is 0.319 e. The Bertz CT molecular complexity index is 1170. The van der Waals surface area contributed by atoms with Crippen LogP contribution in [0.2, 0.25) is 5.02 Å². The predicted molar refractivity (Wildman–Crippen MR) is 120 cm³/mol. The maximum absolute atomic E-state index is 13.4. The molecule has 0 aromatic heterocycles. The molecule has 0 heterocycles. The van der Waals surface area contributed by atoms with E-state index in [9.17, 15) is 22.0 Å². The fraction of sp³-hybridized carbons (Fsp3) is 0.136. The van der Waals surface area contributed by atoms with Crippen LogP contribution in [0, 0.1) is 11.6 Å². The van der Waals surface area contributed by atoms with E-state index >= 15 is 0 Å². The molecule has 2 amide bonds. The fourth-order valence-corrected chi connectivity index (χ4v) is 4.52. The lowest BCUT2D eigenvalue weighted by Gasteiger charge is -2.24. The van der Waals surface area contributed by atoms with E-state index in [1.807, 2.05) is 0 Å². The summed E-state index contributed by atoms with van der Waals surface area (Å²) >= 11 is 5.86. The van der Waals surface area contributed by atoms with Crippen LogP contribution in [0.1, 0.15) is 6.42 Å². The summed E-state index contributed by atoms with van der Waals surface area (Å²) in [5.41, 5.74) is 0.575. The number of anilines is 2. The molecule has 3 rings (SSSR count). The third-order valence-electron chi connectivity index (χ3n) is 4.42. The van der Waals surface area contributed by atoms with Crippen molar-refractivity contribution in [2.45, 2.75) is 11.3 Å². The minimum atomic E-state index is -3.96. The highest BCUT2D eigenvalue weighted by Gasteiger charge is 2.24. The number of amides is 2. The van der Waals surface area contributed by atoms with Gasteiger partial charge in [-0.15, -0.1) is 0 Å². The Balaban J connectivity index is 1.67. The summed E-state index contributed by atoms with van der Waals surface area (Å²) in [6, 6.07) is 15.7. The molecule has 0 saturated carbocycles. The molecular weight excluding hydrogens is 460 g/mol. The van der Waals surface area contributed by atoms with Crippen LogP contribution >= 0.6 is 11.6 Å². The molecule has 0 fully saturated rings. The monoisotopic (exact) mass is 479 g/mol. The van der Waals surface area contributed by atoms with Gasteiger partial charge < -0.3 is 10.6 Å². The molecule has 32 heavy (non-hydrogen) atoms. The number of halogens is 3. The Hall–Kier alpha value is -3.17. The molecule has 0 aliphatic carbocycles. The van der Waals surface area contributed by atoms with E-state index in [0.717, 1.165) is 4.31 Å². The zero-order valence-electron chi connectivity index (χ0n) is 16.8. The minimum Gasteiger partial charge on any atom is -0.338 e.